The quantitative estimate of drug-likeness (QED) is 0.836. The minimum atomic E-state index is 0.495. The maximum atomic E-state index is 6.09. The van der Waals surface area contributed by atoms with Gasteiger partial charge < -0.3 is 20.7 Å². The number of hydrogen-bond acceptors (Lipinski definition) is 4. The molecule has 1 saturated carbocycles. The third-order valence-electron chi connectivity index (χ3n) is 5.59. The highest BCUT2D eigenvalue weighted by Crippen LogP contribution is 2.28. The average molecular weight is 317 g/mol. The predicted octanol–water partition coefficient (Wildman–Crippen LogP) is 3.41. The molecule has 4 nitrogen and oxygen atoms in total. The monoisotopic (exact) mass is 317 g/mol. The van der Waals surface area contributed by atoms with Crippen LogP contribution in [0.25, 0.3) is 0 Å². The van der Waals surface area contributed by atoms with E-state index in [0.29, 0.717) is 12.1 Å². The van der Waals surface area contributed by atoms with E-state index < -0.39 is 0 Å². The lowest BCUT2D eigenvalue weighted by Crippen LogP contribution is -2.46. The summed E-state index contributed by atoms with van der Waals surface area (Å²) in [4.78, 5) is 2.70. The van der Waals surface area contributed by atoms with E-state index >= 15 is 0 Å². The number of anilines is 2. The van der Waals surface area contributed by atoms with E-state index in [0.717, 1.165) is 17.4 Å². The number of nitrogens with two attached hydrogens (primary N) is 1. The van der Waals surface area contributed by atoms with Crippen LogP contribution in [0, 0.1) is 6.92 Å². The summed E-state index contributed by atoms with van der Waals surface area (Å²) >= 11 is 0. The number of rotatable bonds is 4. The van der Waals surface area contributed by atoms with Gasteiger partial charge in [0.05, 0.1) is 17.5 Å². The fourth-order valence-electron chi connectivity index (χ4n) is 4.07. The molecule has 0 bridgehead atoms. The highest BCUT2D eigenvalue weighted by atomic mass is 16.5. The Bertz CT molecular complexity index is 503. The van der Waals surface area contributed by atoms with Gasteiger partial charge in [-0.2, -0.15) is 0 Å². The SMILES string of the molecule is CO[C@H]1CC[C@H](N2CCC(Nc3cc(C)ccc3N)CC2)CC1. The number of nitrogens with one attached hydrogen (secondary N) is 1. The standard InChI is InChI=1S/C19H31N3O/c1-14-3-8-18(20)19(13-14)21-15-9-11-22(12-10-15)16-4-6-17(23-2)7-5-16/h3,8,13,15-17,21H,4-7,9-12,20H2,1-2H3/t16-,17-. The largest absolute Gasteiger partial charge is 0.397 e. The van der Waals surface area contributed by atoms with Crippen LogP contribution in [0.4, 0.5) is 11.4 Å². The van der Waals surface area contributed by atoms with Crippen LogP contribution in [-0.2, 0) is 4.74 Å². The third kappa shape index (κ3) is 4.18. The molecule has 128 valence electrons. The van der Waals surface area contributed by atoms with Crippen molar-refractivity contribution in [2.75, 3.05) is 31.2 Å². The maximum Gasteiger partial charge on any atom is 0.0578 e. The number of benzene rings is 1. The van der Waals surface area contributed by atoms with Gasteiger partial charge in [0, 0.05) is 32.3 Å². The number of nitrogens with zero attached hydrogens (tertiary/aromatic N) is 1. The molecule has 1 aromatic rings. The number of methoxy groups -OCH3 is 1. The zero-order chi connectivity index (χ0) is 16.2. The molecule has 0 amide bonds. The van der Waals surface area contributed by atoms with Gasteiger partial charge in [-0.15, -0.1) is 0 Å². The van der Waals surface area contributed by atoms with E-state index in [1.54, 1.807) is 0 Å². The summed E-state index contributed by atoms with van der Waals surface area (Å²) in [7, 11) is 1.85. The van der Waals surface area contributed by atoms with E-state index in [2.05, 4.69) is 29.3 Å². The fraction of sp³-hybridized carbons (Fsp3) is 0.684. The summed E-state index contributed by atoms with van der Waals surface area (Å²) in [6.07, 6.45) is 7.94. The molecular formula is C19H31N3O. The molecule has 1 aromatic carbocycles. The summed E-state index contributed by atoms with van der Waals surface area (Å²) < 4.78 is 5.49. The second-order valence-electron chi connectivity index (χ2n) is 7.21. The predicted molar refractivity (Wildman–Crippen MR) is 96.9 cm³/mol. The first-order chi connectivity index (χ1) is 11.2. The second kappa shape index (κ2) is 7.54. The zero-order valence-electron chi connectivity index (χ0n) is 14.6. The molecule has 0 atom stereocenters. The van der Waals surface area contributed by atoms with Gasteiger partial charge in [-0.1, -0.05) is 6.07 Å². The molecular weight excluding hydrogens is 286 g/mol. The summed E-state index contributed by atoms with van der Waals surface area (Å²) in [5.74, 6) is 0. The Labute approximate surface area is 140 Å². The molecule has 1 aliphatic heterocycles. The van der Waals surface area contributed by atoms with Gasteiger partial charge in [0.15, 0.2) is 0 Å². The van der Waals surface area contributed by atoms with Crippen molar-refractivity contribution < 1.29 is 4.74 Å². The van der Waals surface area contributed by atoms with Crippen LogP contribution in [-0.4, -0.2) is 43.3 Å². The first-order valence-electron chi connectivity index (χ1n) is 9.05. The van der Waals surface area contributed by atoms with Crippen molar-refractivity contribution in [1.29, 1.82) is 0 Å². The third-order valence-corrected chi connectivity index (χ3v) is 5.59. The lowest BCUT2D eigenvalue weighted by atomic mass is 9.90. The normalized spacial score (nSPS) is 27.0. The molecule has 1 aliphatic carbocycles. The molecule has 3 rings (SSSR count). The minimum absolute atomic E-state index is 0.495. The lowest BCUT2D eigenvalue weighted by molar-refractivity contribution is 0.0329. The molecule has 0 unspecified atom stereocenters. The van der Waals surface area contributed by atoms with E-state index in [-0.39, 0.29) is 0 Å². The van der Waals surface area contributed by atoms with Crippen LogP contribution >= 0.6 is 0 Å². The number of likely N-dealkylation sites (tertiary alicyclic amines) is 1. The molecule has 0 aromatic heterocycles. The molecule has 0 spiro atoms. The number of hydrogen-bond donors (Lipinski definition) is 2. The first kappa shape index (κ1) is 16.6. The van der Waals surface area contributed by atoms with Gasteiger partial charge in [-0.3, -0.25) is 0 Å². The van der Waals surface area contributed by atoms with Crippen LogP contribution in [0.5, 0.6) is 0 Å². The molecule has 0 radical (unpaired) electrons. The summed E-state index contributed by atoms with van der Waals surface area (Å²) in [5, 5.41) is 3.66. The summed E-state index contributed by atoms with van der Waals surface area (Å²) in [6.45, 7) is 4.51. The summed E-state index contributed by atoms with van der Waals surface area (Å²) in [6, 6.07) is 7.55. The van der Waals surface area contributed by atoms with Crippen molar-refractivity contribution in [3.05, 3.63) is 23.8 Å². The molecule has 1 saturated heterocycles. The highest BCUT2D eigenvalue weighted by Gasteiger charge is 2.28. The topological polar surface area (TPSA) is 50.5 Å². The Morgan fingerprint density at radius 3 is 2.43 bits per heavy atom. The van der Waals surface area contributed by atoms with E-state index in [4.69, 9.17) is 10.5 Å². The van der Waals surface area contributed by atoms with Gasteiger partial charge in [0.25, 0.3) is 0 Å². The van der Waals surface area contributed by atoms with Crippen LogP contribution in [0.15, 0.2) is 18.2 Å². The average Bonchev–Trinajstić information content (AvgIpc) is 2.59. The van der Waals surface area contributed by atoms with Crippen molar-refractivity contribution in [2.24, 2.45) is 0 Å². The molecule has 1 heterocycles. The number of aryl methyl sites for hydroxylation is 1. The van der Waals surface area contributed by atoms with E-state index in [9.17, 15) is 0 Å². The Hall–Kier alpha value is -1.26. The maximum absolute atomic E-state index is 6.09. The molecule has 23 heavy (non-hydrogen) atoms. The molecule has 2 fully saturated rings. The van der Waals surface area contributed by atoms with Gasteiger partial charge in [0.2, 0.25) is 0 Å². The lowest BCUT2D eigenvalue weighted by Gasteiger charge is -2.41. The highest BCUT2D eigenvalue weighted by molar-refractivity contribution is 5.67. The Morgan fingerprint density at radius 1 is 1.09 bits per heavy atom. The van der Waals surface area contributed by atoms with E-state index in [1.165, 1.54) is 57.2 Å². The summed E-state index contributed by atoms with van der Waals surface area (Å²) in [5.41, 5.74) is 9.31. The van der Waals surface area contributed by atoms with Crippen LogP contribution in [0.3, 0.4) is 0 Å². The molecule has 3 N–H and O–H groups in total. The molecule has 4 heteroatoms. The van der Waals surface area contributed by atoms with Crippen molar-refractivity contribution in [1.82, 2.24) is 4.90 Å². The number of nitrogen functional groups attached to an aromatic ring is 1. The van der Waals surface area contributed by atoms with Gasteiger partial charge in [0.1, 0.15) is 0 Å². The second-order valence-corrected chi connectivity index (χ2v) is 7.21. The van der Waals surface area contributed by atoms with Gasteiger partial charge >= 0.3 is 0 Å². The number of piperidine rings is 1. The number of ether oxygens (including phenoxy) is 1. The molecule has 2 aliphatic rings. The van der Waals surface area contributed by atoms with Crippen molar-refractivity contribution >= 4 is 11.4 Å². The smallest absolute Gasteiger partial charge is 0.0578 e. The zero-order valence-corrected chi connectivity index (χ0v) is 14.6. The van der Waals surface area contributed by atoms with Crippen LogP contribution in [0.1, 0.15) is 44.1 Å². The van der Waals surface area contributed by atoms with Crippen molar-refractivity contribution in [3.63, 3.8) is 0 Å². The van der Waals surface area contributed by atoms with Crippen molar-refractivity contribution in [2.45, 2.75) is 63.6 Å². The van der Waals surface area contributed by atoms with Crippen LogP contribution < -0.4 is 11.1 Å². The van der Waals surface area contributed by atoms with Crippen LogP contribution in [0.2, 0.25) is 0 Å². The Balaban J connectivity index is 1.48. The Kier molecular flexibility index (Phi) is 5.44. The van der Waals surface area contributed by atoms with Gasteiger partial charge in [-0.25, -0.2) is 0 Å². The minimum Gasteiger partial charge on any atom is -0.397 e. The fourth-order valence-corrected chi connectivity index (χ4v) is 4.07. The van der Waals surface area contributed by atoms with Crippen molar-refractivity contribution in [3.8, 4) is 0 Å². The Morgan fingerprint density at radius 2 is 1.78 bits per heavy atom. The van der Waals surface area contributed by atoms with Gasteiger partial charge in [-0.05, 0) is 63.1 Å². The first-order valence-corrected chi connectivity index (χ1v) is 9.05. The van der Waals surface area contributed by atoms with E-state index in [1.807, 2.05) is 13.2 Å².